The average molecular weight is 375 g/mol. The van der Waals surface area contributed by atoms with Gasteiger partial charge in [0, 0.05) is 64.8 Å². The molecule has 0 spiro atoms. The third-order valence-electron chi connectivity index (χ3n) is 5.11. The third kappa shape index (κ3) is 3.82. The lowest BCUT2D eigenvalue weighted by atomic mass is 10.2. The molecule has 140 valence electrons. The van der Waals surface area contributed by atoms with Crippen molar-refractivity contribution in [1.29, 1.82) is 0 Å². The molecule has 4 heterocycles. The summed E-state index contributed by atoms with van der Waals surface area (Å²) in [5.41, 5.74) is 0. The third-order valence-corrected chi connectivity index (χ3v) is 6.19. The van der Waals surface area contributed by atoms with Crippen molar-refractivity contribution >= 4 is 17.7 Å². The van der Waals surface area contributed by atoms with E-state index in [1.165, 1.54) is 0 Å². The zero-order chi connectivity index (χ0) is 17.9. The van der Waals surface area contributed by atoms with Crippen LogP contribution >= 0.6 is 11.8 Å². The van der Waals surface area contributed by atoms with Crippen LogP contribution in [0.5, 0.6) is 0 Å². The molecule has 0 bridgehead atoms. The fourth-order valence-electron chi connectivity index (χ4n) is 3.62. The van der Waals surface area contributed by atoms with Crippen LogP contribution in [0.2, 0.25) is 0 Å². The van der Waals surface area contributed by atoms with Crippen molar-refractivity contribution in [2.75, 3.05) is 39.3 Å². The Balaban J connectivity index is 1.32. The Labute approximate surface area is 157 Å². The zero-order valence-electron chi connectivity index (χ0n) is 15.1. The van der Waals surface area contributed by atoms with Gasteiger partial charge in [-0.05, 0) is 18.6 Å². The summed E-state index contributed by atoms with van der Waals surface area (Å²) in [6.45, 7) is 5.84. The first-order valence-corrected chi connectivity index (χ1v) is 10.1. The molecule has 26 heavy (non-hydrogen) atoms. The Kier molecular flexibility index (Phi) is 5.33. The molecule has 1 atom stereocenters. The number of carbonyl (C=O) groups excluding carboxylic acids is 1. The number of piperazine rings is 1. The minimum atomic E-state index is 0.0101. The quantitative estimate of drug-likeness (QED) is 0.798. The molecular weight excluding hydrogens is 350 g/mol. The summed E-state index contributed by atoms with van der Waals surface area (Å²) in [5.74, 6) is 1.93. The molecule has 1 N–H and O–H groups in total. The van der Waals surface area contributed by atoms with E-state index < -0.39 is 0 Å². The molecule has 0 saturated carbocycles. The molecule has 0 aromatic carbocycles. The van der Waals surface area contributed by atoms with E-state index in [1.807, 2.05) is 28.8 Å². The SMILES string of the molecule is Cn1ccnc1SCc1ccc(C(=O)N2CCC(N3CCNCC3)C2)o1. The van der Waals surface area contributed by atoms with Crippen molar-refractivity contribution in [1.82, 2.24) is 24.7 Å². The van der Waals surface area contributed by atoms with Crippen LogP contribution in [0.25, 0.3) is 0 Å². The van der Waals surface area contributed by atoms with Crippen LogP contribution in [-0.4, -0.2) is 70.6 Å². The highest BCUT2D eigenvalue weighted by Crippen LogP contribution is 2.24. The molecule has 2 aliphatic heterocycles. The fourth-order valence-corrected chi connectivity index (χ4v) is 4.45. The number of hydrogen-bond acceptors (Lipinski definition) is 6. The molecule has 1 unspecified atom stereocenters. The van der Waals surface area contributed by atoms with Gasteiger partial charge in [-0.25, -0.2) is 4.98 Å². The molecule has 1 amide bonds. The second-order valence-electron chi connectivity index (χ2n) is 6.85. The van der Waals surface area contributed by atoms with Gasteiger partial charge in [0.2, 0.25) is 0 Å². The van der Waals surface area contributed by atoms with Crippen LogP contribution in [0.4, 0.5) is 0 Å². The number of thioether (sulfide) groups is 1. The summed E-state index contributed by atoms with van der Waals surface area (Å²) in [5, 5.41) is 4.32. The van der Waals surface area contributed by atoms with E-state index >= 15 is 0 Å². The molecular formula is C18H25N5O2S. The van der Waals surface area contributed by atoms with Crippen molar-refractivity contribution in [3.8, 4) is 0 Å². The highest BCUT2D eigenvalue weighted by molar-refractivity contribution is 7.98. The van der Waals surface area contributed by atoms with Crippen LogP contribution < -0.4 is 5.32 Å². The fraction of sp³-hybridized carbons (Fsp3) is 0.556. The number of amides is 1. The van der Waals surface area contributed by atoms with Crippen molar-refractivity contribution in [3.05, 3.63) is 36.0 Å². The van der Waals surface area contributed by atoms with Gasteiger partial charge < -0.3 is 19.2 Å². The van der Waals surface area contributed by atoms with Crippen molar-refractivity contribution < 1.29 is 9.21 Å². The standard InChI is InChI=1S/C18H25N5O2S/c1-21-9-7-20-18(21)26-13-15-2-3-16(25-15)17(24)23-8-4-14(12-23)22-10-5-19-6-11-22/h2-3,7,9,14,19H,4-6,8,10-13H2,1H3. The number of hydrogen-bond donors (Lipinski definition) is 1. The van der Waals surface area contributed by atoms with Crippen molar-refractivity contribution in [2.24, 2.45) is 7.05 Å². The lowest BCUT2D eigenvalue weighted by Crippen LogP contribution is -2.49. The molecule has 4 rings (SSSR count). The Morgan fingerprint density at radius 3 is 2.96 bits per heavy atom. The predicted octanol–water partition coefficient (Wildman–Crippen LogP) is 1.43. The number of nitrogens with zero attached hydrogens (tertiary/aromatic N) is 4. The van der Waals surface area contributed by atoms with Gasteiger partial charge in [-0.15, -0.1) is 0 Å². The van der Waals surface area contributed by atoms with Gasteiger partial charge in [0.1, 0.15) is 5.76 Å². The van der Waals surface area contributed by atoms with E-state index in [0.717, 1.165) is 56.6 Å². The van der Waals surface area contributed by atoms with E-state index in [1.54, 1.807) is 24.0 Å². The van der Waals surface area contributed by atoms with Crippen LogP contribution in [-0.2, 0) is 12.8 Å². The summed E-state index contributed by atoms with van der Waals surface area (Å²) in [6.07, 6.45) is 4.75. The first-order chi connectivity index (χ1) is 12.7. The number of nitrogens with one attached hydrogen (secondary N) is 1. The van der Waals surface area contributed by atoms with Gasteiger partial charge in [0.25, 0.3) is 5.91 Å². The summed E-state index contributed by atoms with van der Waals surface area (Å²) in [6, 6.07) is 4.18. The van der Waals surface area contributed by atoms with E-state index in [-0.39, 0.29) is 5.91 Å². The van der Waals surface area contributed by atoms with Gasteiger partial charge in [-0.3, -0.25) is 9.69 Å². The second-order valence-corrected chi connectivity index (χ2v) is 7.80. The number of aromatic nitrogens is 2. The van der Waals surface area contributed by atoms with Gasteiger partial charge in [0.15, 0.2) is 10.9 Å². The zero-order valence-corrected chi connectivity index (χ0v) is 15.9. The lowest BCUT2D eigenvalue weighted by molar-refractivity contribution is 0.0740. The number of aryl methyl sites for hydroxylation is 1. The smallest absolute Gasteiger partial charge is 0.289 e. The van der Waals surface area contributed by atoms with Crippen LogP contribution in [0, 0.1) is 0 Å². The van der Waals surface area contributed by atoms with E-state index in [4.69, 9.17) is 4.42 Å². The van der Waals surface area contributed by atoms with Crippen LogP contribution in [0.15, 0.2) is 34.1 Å². The number of carbonyl (C=O) groups is 1. The Bertz CT molecular complexity index is 752. The van der Waals surface area contributed by atoms with Gasteiger partial charge in [0.05, 0.1) is 5.75 Å². The maximum absolute atomic E-state index is 12.8. The summed E-state index contributed by atoms with van der Waals surface area (Å²) in [4.78, 5) is 21.5. The highest BCUT2D eigenvalue weighted by atomic mass is 32.2. The van der Waals surface area contributed by atoms with Crippen LogP contribution in [0.3, 0.4) is 0 Å². The first-order valence-electron chi connectivity index (χ1n) is 9.13. The van der Waals surface area contributed by atoms with Gasteiger partial charge in [-0.1, -0.05) is 11.8 Å². The number of likely N-dealkylation sites (tertiary alicyclic amines) is 1. The molecule has 0 aliphatic carbocycles. The molecule has 2 saturated heterocycles. The molecule has 8 heteroatoms. The molecule has 7 nitrogen and oxygen atoms in total. The minimum Gasteiger partial charge on any atom is -0.455 e. The average Bonchev–Trinajstić information content (AvgIpc) is 3.41. The monoisotopic (exact) mass is 375 g/mol. The van der Waals surface area contributed by atoms with Crippen LogP contribution in [0.1, 0.15) is 22.7 Å². The Hall–Kier alpha value is -1.77. The molecule has 0 radical (unpaired) electrons. The largest absolute Gasteiger partial charge is 0.455 e. The highest BCUT2D eigenvalue weighted by Gasteiger charge is 2.32. The van der Waals surface area contributed by atoms with Gasteiger partial charge in [-0.2, -0.15) is 0 Å². The minimum absolute atomic E-state index is 0.0101. The maximum atomic E-state index is 12.8. The second kappa shape index (κ2) is 7.85. The summed E-state index contributed by atoms with van der Waals surface area (Å²) < 4.78 is 7.78. The van der Waals surface area contributed by atoms with Crippen molar-refractivity contribution in [3.63, 3.8) is 0 Å². The summed E-state index contributed by atoms with van der Waals surface area (Å²) >= 11 is 1.60. The van der Waals surface area contributed by atoms with E-state index in [9.17, 15) is 4.79 Å². The number of furan rings is 1. The molecule has 2 aromatic heterocycles. The van der Waals surface area contributed by atoms with E-state index in [2.05, 4.69) is 15.2 Å². The van der Waals surface area contributed by atoms with Gasteiger partial charge >= 0.3 is 0 Å². The number of rotatable bonds is 5. The first kappa shape index (κ1) is 17.6. The number of imidazole rings is 1. The van der Waals surface area contributed by atoms with Crippen molar-refractivity contribution in [2.45, 2.75) is 23.4 Å². The molecule has 2 fully saturated rings. The lowest BCUT2D eigenvalue weighted by Gasteiger charge is -2.32. The maximum Gasteiger partial charge on any atom is 0.289 e. The molecule has 2 aliphatic rings. The normalized spacial score (nSPS) is 21.4. The predicted molar refractivity (Wildman–Crippen MR) is 100 cm³/mol. The topological polar surface area (TPSA) is 66.5 Å². The Morgan fingerprint density at radius 1 is 1.35 bits per heavy atom. The molecule has 2 aromatic rings. The van der Waals surface area contributed by atoms with E-state index in [0.29, 0.717) is 17.6 Å². The summed E-state index contributed by atoms with van der Waals surface area (Å²) in [7, 11) is 1.97. The Morgan fingerprint density at radius 2 is 2.19 bits per heavy atom.